The van der Waals surface area contributed by atoms with Gasteiger partial charge in [0, 0.05) is 17.1 Å². The van der Waals surface area contributed by atoms with Crippen LogP contribution in [0.1, 0.15) is 56.3 Å². The predicted octanol–water partition coefficient (Wildman–Crippen LogP) is 4.23. The second kappa shape index (κ2) is 9.42. The lowest BCUT2D eigenvalue weighted by Gasteiger charge is -2.26. The minimum atomic E-state index is 0.945. The van der Waals surface area contributed by atoms with E-state index in [0.717, 1.165) is 22.3 Å². The number of hydrogen-bond donors (Lipinski definition) is 0. The summed E-state index contributed by atoms with van der Waals surface area (Å²) in [6, 6.07) is 2.03. The molecule has 21 heavy (non-hydrogen) atoms. The van der Waals surface area contributed by atoms with Crippen LogP contribution in [0, 0.1) is 13.8 Å². The molecule has 0 saturated carbocycles. The van der Waals surface area contributed by atoms with Crippen LogP contribution >= 0.6 is 11.8 Å². The number of nitrogens with zero attached hydrogens (tertiary/aromatic N) is 3. The number of thioether (sulfide) groups is 1. The molecule has 118 valence electrons. The topological polar surface area (TPSA) is 29.0 Å². The van der Waals surface area contributed by atoms with Gasteiger partial charge in [0.25, 0.3) is 0 Å². The van der Waals surface area contributed by atoms with Crippen LogP contribution in [0.5, 0.6) is 0 Å². The van der Waals surface area contributed by atoms with E-state index in [0.29, 0.717) is 0 Å². The number of piperidine rings is 1. The molecule has 1 fully saturated rings. The molecule has 2 heterocycles. The van der Waals surface area contributed by atoms with Gasteiger partial charge in [-0.2, -0.15) is 0 Å². The van der Waals surface area contributed by atoms with Gasteiger partial charge in [0.1, 0.15) is 0 Å². The summed E-state index contributed by atoms with van der Waals surface area (Å²) in [6.07, 6.45) is 9.61. The van der Waals surface area contributed by atoms with E-state index in [1.165, 1.54) is 64.6 Å². The maximum absolute atomic E-state index is 4.47. The number of hydrogen-bond acceptors (Lipinski definition) is 4. The van der Waals surface area contributed by atoms with E-state index in [-0.39, 0.29) is 0 Å². The van der Waals surface area contributed by atoms with Crippen molar-refractivity contribution in [2.45, 2.75) is 63.9 Å². The molecule has 0 atom stereocenters. The zero-order chi connectivity index (χ0) is 14.9. The molecular formula is C17H29N3S. The van der Waals surface area contributed by atoms with Gasteiger partial charge in [-0.1, -0.05) is 31.0 Å². The van der Waals surface area contributed by atoms with Crippen molar-refractivity contribution >= 4 is 11.8 Å². The molecule has 1 aromatic rings. The van der Waals surface area contributed by atoms with Crippen LogP contribution in [0.25, 0.3) is 0 Å². The number of aryl methyl sites for hydroxylation is 2. The normalized spacial score (nSPS) is 16.3. The van der Waals surface area contributed by atoms with Gasteiger partial charge >= 0.3 is 0 Å². The molecule has 1 aliphatic rings. The lowest BCUT2D eigenvalue weighted by molar-refractivity contribution is 0.224. The van der Waals surface area contributed by atoms with Crippen molar-refractivity contribution in [2.24, 2.45) is 0 Å². The Balaban J connectivity index is 1.49. The third-order valence-electron chi connectivity index (χ3n) is 4.01. The molecule has 0 aromatic carbocycles. The molecule has 1 aliphatic heterocycles. The maximum atomic E-state index is 4.47. The minimum absolute atomic E-state index is 0.945. The van der Waals surface area contributed by atoms with Crippen LogP contribution in [-0.4, -0.2) is 40.3 Å². The van der Waals surface area contributed by atoms with Gasteiger partial charge in [-0.05, 0) is 65.2 Å². The average Bonchev–Trinajstić information content (AvgIpc) is 2.46. The average molecular weight is 308 g/mol. The highest BCUT2D eigenvalue weighted by atomic mass is 32.2. The lowest BCUT2D eigenvalue weighted by Crippen LogP contribution is -2.30. The van der Waals surface area contributed by atoms with Gasteiger partial charge in [0.15, 0.2) is 5.16 Å². The van der Waals surface area contributed by atoms with Crippen molar-refractivity contribution in [1.82, 2.24) is 14.9 Å². The van der Waals surface area contributed by atoms with Gasteiger partial charge < -0.3 is 4.90 Å². The van der Waals surface area contributed by atoms with Crippen molar-refractivity contribution in [3.05, 3.63) is 17.5 Å². The quantitative estimate of drug-likeness (QED) is 0.408. The molecule has 2 rings (SSSR count). The van der Waals surface area contributed by atoms with Crippen LogP contribution in [-0.2, 0) is 0 Å². The van der Waals surface area contributed by atoms with Gasteiger partial charge in [0.2, 0.25) is 0 Å². The standard InChI is InChI=1S/C17H29N3S/c1-15-14-16(2)19-17(18-15)21-13-9-4-3-6-10-20-11-7-5-8-12-20/h14H,3-13H2,1-2H3. The van der Waals surface area contributed by atoms with Crippen LogP contribution in [0.4, 0.5) is 0 Å². The molecule has 4 heteroatoms. The second-order valence-corrected chi connectivity index (χ2v) is 7.16. The van der Waals surface area contributed by atoms with E-state index >= 15 is 0 Å². The summed E-state index contributed by atoms with van der Waals surface area (Å²) in [5, 5.41) is 0.945. The summed E-state index contributed by atoms with van der Waals surface area (Å²) in [5.41, 5.74) is 2.15. The van der Waals surface area contributed by atoms with Crippen LogP contribution in [0.3, 0.4) is 0 Å². The molecule has 0 bridgehead atoms. The molecule has 0 N–H and O–H groups in total. The monoisotopic (exact) mass is 307 g/mol. The Bertz CT molecular complexity index is 396. The van der Waals surface area contributed by atoms with Crippen molar-refractivity contribution in [1.29, 1.82) is 0 Å². The van der Waals surface area contributed by atoms with E-state index < -0.39 is 0 Å². The third-order valence-corrected chi connectivity index (χ3v) is 4.94. The van der Waals surface area contributed by atoms with Crippen molar-refractivity contribution < 1.29 is 0 Å². The zero-order valence-electron chi connectivity index (χ0n) is 13.6. The summed E-state index contributed by atoms with van der Waals surface area (Å²) < 4.78 is 0. The molecule has 1 aromatic heterocycles. The van der Waals surface area contributed by atoms with Gasteiger partial charge in [-0.3, -0.25) is 0 Å². The van der Waals surface area contributed by atoms with E-state index in [1.807, 2.05) is 19.9 Å². The fraction of sp³-hybridized carbons (Fsp3) is 0.765. The van der Waals surface area contributed by atoms with E-state index in [9.17, 15) is 0 Å². The lowest BCUT2D eigenvalue weighted by atomic mass is 10.1. The van der Waals surface area contributed by atoms with Crippen molar-refractivity contribution in [2.75, 3.05) is 25.4 Å². The van der Waals surface area contributed by atoms with Gasteiger partial charge in [-0.15, -0.1) is 0 Å². The molecule has 0 unspecified atom stereocenters. The van der Waals surface area contributed by atoms with E-state index in [4.69, 9.17) is 0 Å². The summed E-state index contributed by atoms with van der Waals surface area (Å²) in [5.74, 6) is 1.15. The Morgan fingerprint density at radius 3 is 2.33 bits per heavy atom. The first kappa shape index (κ1) is 16.8. The Labute approximate surface area is 133 Å². The number of unbranched alkanes of at least 4 members (excludes halogenated alkanes) is 3. The third kappa shape index (κ3) is 6.79. The largest absolute Gasteiger partial charge is 0.303 e. The maximum Gasteiger partial charge on any atom is 0.187 e. The van der Waals surface area contributed by atoms with E-state index in [2.05, 4.69) is 14.9 Å². The highest BCUT2D eigenvalue weighted by Crippen LogP contribution is 2.17. The summed E-state index contributed by atoms with van der Waals surface area (Å²) >= 11 is 1.80. The van der Waals surface area contributed by atoms with Gasteiger partial charge in [0.05, 0.1) is 0 Å². The molecular weight excluding hydrogens is 278 g/mol. The van der Waals surface area contributed by atoms with Crippen molar-refractivity contribution in [3.63, 3.8) is 0 Å². The molecule has 1 saturated heterocycles. The van der Waals surface area contributed by atoms with Crippen molar-refractivity contribution in [3.8, 4) is 0 Å². The Morgan fingerprint density at radius 1 is 0.952 bits per heavy atom. The first-order valence-electron chi connectivity index (χ1n) is 8.41. The van der Waals surface area contributed by atoms with Crippen LogP contribution in [0.2, 0.25) is 0 Å². The molecule has 3 nitrogen and oxygen atoms in total. The SMILES string of the molecule is Cc1cc(C)nc(SCCCCCCN2CCCCC2)n1. The van der Waals surface area contributed by atoms with E-state index in [1.54, 1.807) is 11.8 Å². The number of aromatic nitrogens is 2. The summed E-state index contributed by atoms with van der Waals surface area (Å²) in [4.78, 5) is 11.6. The molecule has 0 radical (unpaired) electrons. The molecule has 0 spiro atoms. The summed E-state index contributed by atoms with van der Waals surface area (Å²) in [6.45, 7) is 8.06. The first-order chi connectivity index (χ1) is 10.2. The second-order valence-electron chi connectivity index (χ2n) is 6.10. The Kier molecular flexibility index (Phi) is 7.51. The molecule has 0 aliphatic carbocycles. The highest BCUT2D eigenvalue weighted by molar-refractivity contribution is 7.99. The minimum Gasteiger partial charge on any atom is -0.303 e. The molecule has 0 amide bonds. The Morgan fingerprint density at radius 2 is 1.62 bits per heavy atom. The van der Waals surface area contributed by atoms with Crippen LogP contribution < -0.4 is 0 Å². The first-order valence-corrected chi connectivity index (χ1v) is 9.40. The number of likely N-dealkylation sites (tertiary alicyclic amines) is 1. The smallest absolute Gasteiger partial charge is 0.187 e. The fourth-order valence-corrected chi connectivity index (χ4v) is 3.84. The predicted molar refractivity (Wildman–Crippen MR) is 91.0 cm³/mol. The highest BCUT2D eigenvalue weighted by Gasteiger charge is 2.08. The fourth-order valence-electron chi connectivity index (χ4n) is 2.90. The summed E-state index contributed by atoms with van der Waals surface area (Å²) in [7, 11) is 0. The van der Waals surface area contributed by atoms with Gasteiger partial charge in [-0.25, -0.2) is 9.97 Å². The van der Waals surface area contributed by atoms with Crippen LogP contribution in [0.15, 0.2) is 11.2 Å². The number of rotatable bonds is 8. The zero-order valence-corrected chi connectivity index (χ0v) is 14.4. The Hall–Kier alpha value is -0.610.